The van der Waals surface area contributed by atoms with Gasteiger partial charge in [-0.3, -0.25) is 0 Å². The second-order valence-electron chi connectivity index (χ2n) is 5.85. The first kappa shape index (κ1) is 15.5. The number of nitrogens with one attached hydrogen (secondary N) is 1. The lowest BCUT2D eigenvalue weighted by molar-refractivity contribution is 0.361. The Hall–Kier alpha value is -0.600. The quantitative estimate of drug-likeness (QED) is 0.835. The molecule has 0 saturated heterocycles. The van der Waals surface area contributed by atoms with Crippen molar-refractivity contribution in [2.24, 2.45) is 5.92 Å². The van der Waals surface area contributed by atoms with Crippen LogP contribution in [0.25, 0.3) is 0 Å². The first-order chi connectivity index (χ1) is 8.31. The Morgan fingerprint density at radius 1 is 1.33 bits per heavy atom. The van der Waals surface area contributed by atoms with Crippen molar-refractivity contribution in [1.29, 1.82) is 0 Å². The Bertz CT molecular complexity index is 385. The van der Waals surface area contributed by atoms with Gasteiger partial charge in [-0.15, -0.1) is 0 Å². The van der Waals surface area contributed by atoms with Crippen LogP contribution in [-0.2, 0) is 6.42 Å². The van der Waals surface area contributed by atoms with Crippen molar-refractivity contribution in [3.63, 3.8) is 0 Å². The average Bonchev–Trinajstić information content (AvgIpc) is 2.25. The zero-order chi connectivity index (χ0) is 13.8. The Morgan fingerprint density at radius 3 is 2.50 bits per heavy atom. The molecule has 1 atom stereocenters. The molecule has 1 unspecified atom stereocenters. The number of halogens is 2. The molecule has 1 rings (SSSR count). The fourth-order valence-electron chi connectivity index (χ4n) is 1.81. The van der Waals surface area contributed by atoms with Crippen molar-refractivity contribution < 1.29 is 4.39 Å². The summed E-state index contributed by atoms with van der Waals surface area (Å²) < 4.78 is 13.7. The maximum Gasteiger partial charge on any atom is 0.127 e. The molecule has 0 spiro atoms. The van der Waals surface area contributed by atoms with E-state index in [-0.39, 0.29) is 11.4 Å². The number of hydrogen-bond acceptors (Lipinski definition) is 1. The van der Waals surface area contributed by atoms with Crippen LogP contribution < -0.4 is 5.32 Å². The summed E-state index contributed by atoms with van der Waals surface area (Å²) in [7, 11) is 0. The van der Waals surface area contributed by atoms with E-state index in [0.29, 0.717) is 10.9 Å². The van der Waals surface area contributed by atoms with E-state index in [1.54, 1.807) is 12.1 Å². The molecule has 1 N–H and O–H groups in total. The van der Waals surface area contributed by atoms with E-state index in [2.05, 4.69) is 33.0 Å². The minimum absolute atomic E-state index is 0.103. The minimum atomic E-state index is -0.197. The summed E-state index contributed by atoms with van der Waals surface area (Å²) in [4.78, 5) is 0. The lowest BCUT2D eigenvalue weighted by Crippen LogP contribution is -2.39. The van der Waals surface area contributed by atoms with Gasteiger partial charge in [-0.1, -0.05) is 31.0 Å². The van der Waals surface area contributed by atoms with E-state index in [1.165, 1.54) is 6.07 Å². The van der Waals surface area contributed by atoms with Crippen molar-refractivity contribution >= 4 is 11.6 Å². The molecular weight excluding hydrogens is 249 g/mol. The van der Waals surface area contributed by atoms with E-state index in [1.807, 2.05) is 0 Å². The highest BCUT2D eigenvalue weighted by Crippen LogP contribution is 2.19. The van der Waals surface area contributed by atoms with Crippen molar-refractivity contribution in [3.8, 4) is 0 Å². The lowest BCUT2D eigenvalue weighted by atomic mass is 9.95. The average molecular weight is 272 g/mol. The van der Waals surface area contributed by atoms with Gasteiger partial charge in [0.1, 0.15) is 5.82 Å². The van der Waals surface area contributed by atoms with Crippen LogP contribution in [0.1, 0.15) is 39.7 Å². The van der Waals surface area contributed by atoms with E-state index in [9.17, 15) is 4.39 Å². The number of rotatable bonds is 5. The summed E-state index contributed by atoms with van der Waals surface area (Å²) in [5, 5.41) is 3.93. The topological polar surface area (TPSA) is 12.0 Å². The molecule has 0 bridgehead atoms. The van der Waals surface area contributed by atoms with Crippen molar-refractivity contribution in [3.05, 3.63) is 34.6 Å². The smallest absolute Gasteiger partial charge is 0.127 e. The summed E-state index contributed by atoms with van der Waals surface area (Å²) in [5.41, 5.74) is 0.855. The van der Waals surface area contributed by atoms with Gasteiger partial charge in [-0.25, -0.2) is 4.39 Å². The molecular formula is C15H23ClFN. The third-order valence-corrected chi connectivity index (χ3v) is 3.26. The normalized spacial score (nSPS) is 13.7. The minimum Gasteiger partial charge on any atom is -0.312 e. The first-order valence-electron chi connectivity index (χ1n) is 6.50. The molecule has 0 aliphatic carbocycles. The Labute approximate surface area is 115 Å². The summed E-state index contributed by atoms with van der Waals surface area (Å²) in [6, 6.07) is 4.93. The molecule has 102 valence electrons. The van der Waals surface area contributed by atoms with Gasteiger partial charge in [0.2, 0.25) is 0 Å². The molecule has 1 nitrogen and oxygen atoms in total. The zero-order valence-corrected chi connectivity index (χ0v) is 12.4. The van der Waals surface area contributed by atoms with Gasteiger partial charge in [-0.2, -0.15) is 0 Å². The maximum absolute atomic E-state index is 13.7. The first-order valence-corrected chi connectivity index (χ1v) is 6.88. The molecule has 0 aliphatic heterocycles. The summed E-state index contributed by atoms with van der Waals surface area (Å²) >= 11 is 5.76. The van der Waals surface area contributed by atoms with Gasteiger partial charge in [0, 0.05) is 10.6 Å². The molecule has 1 aromatic rings. The standard InChI is InChI=1S/C15H23ClFN/c1-5-11(10-18-15(2,3)4)8-12-6-7-13(16)9-14(12)17/h6-7,9,11,18H,5,8,10H2,1-4H3. The van der Waals surface area contributed by atoms with Gasteiger partial charge in [0.25, 0.3) is 0 Å². The second-order valence-corrected chi connectivity index (χ2v) is 6.28. The number of benzene rings is 1. The highest BCUT2D eigenvalue weighted by Gasteiger charge is 2.15. The van der Waals surface area contributed by atoms with Gasteiger partial charge >= 0.3 is 0 Å². The molecule has 0 amide bonds. The van der Waals surface area contributed by atoms with Crippen LogP contribution in [0.3, 0.4) is 0 Å². The van der Waals surface area contributed by atoms with Crippen LogP contribution in [-0.4, -0.2) is 12.1 Å². The molecule has 0 fully saturated rings. The van der Waals surface area contributed by atoms with Crippen LogP contribution >= 0.6 is 11.6 Å². The fourth-order valence-corrected chi connectivity index (χ4v) is 1.97. The molecule has 0 saturated carbocycles. The van der Waals surface area contributed by atoms with E-state index in [0.717, 1.165) is 24.9 Å². The highest BCUT2D eigenvalue weighted by atomic mass is 35.5. The molecule has 0 radical (unpaired) electrons. The van der Waals surface area contributed by atoms with E-state index in [4.69, 9.17) is 11.6 Å². The third kappa shape index (κ3) is 5.36. The molecule has 1 aromatic carbocycles. The maximum atomic E-state index is 13.7. The zero-order valence-electron chi connectivity index (χ0n) is 11.7. The lowest BCUT2D eigenvalue weighted by Gasteiger charge is -2.25. The van der Waals surface area contributed by atoms with Gasteiger partial charge in [0.15, 0.2) is 0 Å². The van der Waals surface area contributed by atoms with E-state index >= 15 is 0 Å². The van der Waals surface area contributed by atoms with Crippen LogP contribution in [0.2, 0.25) is 5.02 Å². The van der Waals surface area contributed by atoms with Crippen molar-refractivity contribution in [1.82, 2.24) is 5.32 Å². The third-order valence-electron chi connectivity index (χ3n) is 3.02. The van der Waals surface area contributed by atoms with Gasteiger partial charge in [-0.05, 0) is 57.4 Å². The Balaban J connectivity index is 2.62. The highest BCUT2D eigenvalue weighted by molar-refractivity contribution is 6.30. The summed E-state index contributed by atoms with van der Waals surface area (Å²) in [6.07, 6.45) is 1.79. The largest absolute Gasteiger partial charge is 0.312 e. The Morgan fingerprint density at radius 2 is 2.00 bits per heavy atom. The SMILES string of the molecule is CCC(CNC(C)(C)C)Cc1ccc(Cl)cc1F. The molecule has 0 heterocycles. The predicted molar refractivity (Wildman–Crippen MR) is 76.7 cm³/mol. The summed E-state index contributed by atoms with van der Waals surface area (Å²) in [6.45, 7) is 9.47. The van der Waals surface area contributed by atoms with E-state index < -0.39 is 0 Å². The van der Waals surface area contributed by atoms with Gasteiger partial charge < -0.3 is 5.32 Å². The van der Waals surface area contributed by atoms with Crippen LogP contribution in [0.5, 0.6) is 0 Å². The van der Waals surface area contributed by atoms with Crippen LogP contribution in [0.4, 0.5) is 4.39 Å². The fraction of sp³-hybridized carbons (Fsp3) is 0.600. The van der Waals surface area contributed by atoms with Gasteiger partial charge in [0.05, 0.1) is 0 Å². The molecule has 3 heteroatoms. The van der Waals surface area contributed by atoms with Crippen LogP contribution in [0, 0.1) is 11.7 Å². The molecule has 18 heavy (non-hydrogen) atoms. The van der Waals surface area contributed by atoms with Crippen molar-refractivity contribution in [2.45, 2.75) is 46.1 Å². The summed E-state index contributed by atoms with van der Waals surface area (Å²) in [5.74, 6) is 0.247. The molecule has 0 aromatic heterocycles. The van der Waals surface area contributed by atoms with Crippen LogP contribution in [0.15, 0.2) is 18.2 Å². The monoisotopic (exact) mass is 271 g/mol. The Kier molecular flexibility index (Phi) is 5.61. The predicted octanol–water partition coefficient (Wildman–Crippen LogP) is 4.44. The second kappa shape index (κ2) is 6.53. The molecule has 0 aliphatic rings. The number of hydrogen-bond donors (Lipinski definition) is 1. The van der Waals surface area contributed by atoms with Crippen molar-refractivity contribution in [2.75, 3.05) is 6.54 Å².